The summed E-state index contributed by atoms with van der Waals surface area (Å²) in [5.74, 6) is 1.01. The fraction of sp³-hybridized carbons (Fsp3) is 1.00. The zero-order valence-corrected chi connectivity index (χ0v) is 12.6. The molecule has 106 valence electrons. The van der Waals surface area contributed by atoms with Crippen molar-refractivity contribution in [1.82, 2.24) is 4.90 Å². The highest BCUT2D eigenvalue weighted by Crippen LogP contribution is 2.36. The van der Waals surface area contributed by atoms with E-state index in [4.69, 9.17) is 5.73 Å². The summed E-state index contributed by atoms with van der Waals surface area (Å²) in [4.78, 5) is 2.75. The van der Waals surface area contributed by atoms with Crippen LogP contribution >= 0.6 is 0 Å². The second kappa shape index (κ2) is 5.92. The van der Waals surface area contributed by atoms with Crippen molar-refractivity contribution in [3.63, 3.8) is 0 Å². The third-order valence-electron chi connectivity index (χ3n) is 4.77. The van der Waals surface area contributed by atoms with Crippen molar-refractivity contribution in [2.45, 2.75) is 77.8 Å². The number of piperidine rings is 1. The second-order valence-electron chi connectivity index (χ2n) is 7.75. The van der Waals surface area contributed by atoms with Crippen LogP contribution in [-0.2, 0) is 0 Å². The van der Waals surface area contributed by atoms with Crippen LogP contribution in [0.2, 0.25) is 0 Å². The van der Waals surface area contributed by atoms with Crippen molar-refractivity contribution < 1.29 is 0 Å². The van der Waals surface area contributed by atoms with Crippen LogP contribution in [0.4, 0.5) is 0 Å². The van der Waals surface area contributed by atoms with Gasteiger partial charge in [0.05, 0.1) is 0 Å². The van der Waals surface area contributed by atoms with Gasteiger partial charge in [-0.2, -0.15) is 0 Å². The molecule has 0 amide bonds. The number of rotatable bonds is 4. The summed E-state index contributed by atoms with van der Waals surface area (Å²) in [5, 5.41) is 0. The number of hydrogen-bond acceptors (Lipinski definition) is 2. The fourth-order valence-electron chi connectivity index (χ4n) is 4.05. The van der Waals surface area contributed by atoms with Gasteiger partial charge in [0.25, 0.3) is 0 Å². The van der Waals surface area contributed by atoms with Gasteiger partial charge < -0.3 is 10.6 Å². The molecule has 18 heavy (non-hydrogen) atoms. The first-order valence-electron chi connectivity index (χ1n) is 7.95. The van der Waals surface area contributed by atoms with Gasteiger partial charge in [-0.3, -0.25) is 0 Å². The molecule has 2 rings (SSSR count). The molecule has 3 atom stereocenters. The Kier molecular flexibility index (Phi) is 4.71. The molecular formula is C16H32N2. The molecule has 1 aliphatic carbocycles. The smallest absolute Gasteiger partial charge is 0.0123 e. The lowest BCUT2D eigenvalue weighted by Crippen LogP contribution is -2.44. The zero-order chi connectivity index (χ0) is 13.2. The lowest BCUT2D eigenvalue weighted by Gasteiger charge is -2.38. The quantitative estimate of drug-likeness (QED) is 0.831. The van der Waals surface area contributed by atoms with E-state index in [1.165, 1.54) is 51.6 Å². The third-order valence-corrected chi connectivity index (χ3v) is 4.77. The van der Waals surface area contributed by atoms with Gasteiger partial charge in [-0.1, -0.05) is 27.2 Å². The molecule has 3 unspecified atom stereocenters. The summed E-state index contributed by atoms with van der Waals surface area (Å²) in [5.41, 5.74) is 6.66. The number of nitrogens with two attached hydrogens (primary N) is 1. The molecular weight excluding hydrogens is 220 g/mol. The molecule has 2 nitrogen and oxygen atoms in total. The molecule has 2 aliphatic rings. The van der Waals surface area contributed by atoms with E-state index in [0.29, 0.717) is 11.5 Å². The maximum Gasteiger partial charge on any atom is 0.0123 e. The zero-order valence-electron chi connectivity index (χ0n) is 12.6. The first kappa shape index (κ1) is 14.3. The molecule has 0 aromatic carbocycles. The Morgan fingerprint density at radius 1 is 1.17 bits per heavy atom. The number of hydrogen-bond donors (Lipinski definition) is 1. The van der Waals surface area contributed by atoms with Crippen LogP contribution in [-0.4, -0.2) is 30.1 Å². The third kappa shape index (κ3) is 3.96. The van der Waals surface area contributed by atoms with Crippen LogP contribution in [0.25, 0.3) is 0 Å². The van der Waals surface area contributed by atoms with Gasteiger partial charge >= 0.3 is 0 Å². The Balaban J connectivity index is 1.75. The minimum atomic E-state index is 0.372. The Bertz CT molecular complexity index is 256. The molecule has 0 aromatic rings. The molecule has 1 saturated carbocycles. The normalized spacial score (nSPS) is 31.3. The van der Waals surface area contributed by atoms with Crippen LogP contribution in [0.5, 0.6) is 0 Å². The average Bonchev–Trinajstić information content (AvgIpc) is 2.72. The first-order valence-corrected chi connectivity index (χ1v) is 7.95. The van der Waals surface area contributed by atoms with Crippen LogP contribution < -0.4 is 5.73 Å². The van der Waals surface area contributed by atoms with Gasteiger partial charge in [-0.05, 0) is 62.9 Å². The summed E-state index contributed by atoms with van der Waals surface area (Å²) in [6.07, 6.45) is 9.61. The molecule has 1 heterocycles. The summed E-state index contributed by atoms with van der Waals surface area (Å²) < 4.78 is 0. The molecule has 1 saturated heterocycles. The molecule has 0 bridgehead atoms. The fourth-order valence-corrected chi connectivity index (χ4v) is 4.05. The summed E-state index contributed by atoms with van der Waals surface area (Å²) in [6, 6.07) is 1.28. The number of fused-ring (bicyclic) bond motifs is 1. The van der Waals surface area contributed by atoms with Crippen LogP contribution in [0.15, 0.2) is 0 Å². The largest absolute Gasteiger partial charge is 0.328 e. The Morgan fingerprint density at radius 2 is 1.89 bits per heavy atom. The van der Waals surface area contributed by atoms with Crippen molar-refractivity contribution in [3.05, 3.63) is 0 Å². The van der Waals surface area contributed by atoms with Crippen molar-refractivity contribution in [1.29, 1.82) is 0 Å². The van der Waals surface area contributed by atoms with E-state index >= 15 is 0 Å². The highest BCUT2D eigenvalue weighted by Gasteiger charge is 2.34. The lowest BCUT2D eigenvalue weighted by molar-refractivity contribution is 0.107. The van der Waals surface area contributed by atoms with E-state index in [0.717, 1.165) is 18.4 Å². The van der Waals surface area contributed by atoms with Crippen molar-refractivity contribution >= 4 is 0 Å². The molecule has 0 radical (unpaired) electrons. The SMILES string of the molecule is CC(C)(C)CC(N)CCN1CCCC2CCCC21. The second-order valence-corrected chi connectivity index (χ2v) is 7.75. The molecule has 0 aromatic heterocycles. The monoisotopic (exact) mass is 252 g/mol. The molecule has 2 fully saturated rings. The minimum absolute atomic E-state index is 0.372. The first-order chi connectivity index (χ1) is 8.46. The standard InChI is InChI=1S/C16H32N2/c1-16(2,3)12-14(17)9-11-18-10-5-7-13-6-4-8-15(13)18/h13-15H,4-12,17H2,1-3H3. The predicted molar refractivity (Wildman–Crippen MR) is 78.6 cm³/mol. The van der Waals surface area contributed by atoms with E-state index in [-0.39, 0.29) is 0 Å². The number of likely N-dealkylation sites (tertiary alicyclic amines) is 1. The topological polar surface area (TPSA) is 29.3 Å². The van der Waals surface area contributed by atoms with E-state index in [1.807, 2.05) is 0 Å². The molecule has 2 heteroatoms. The van der Waals surface area contributed by atoms with Gasteiger partial charge in [-0.15, -0.1) is 0 Å². The van der Waals surface area contributed by atoms with Gasteiger partial charge in [-0.25, -0.2) is 0 Å². The molecule has 0 spiro atoms. The maximum atomic E-state index is 6.29. The lowest BCUT2D eigenvalue weighted by atomic mass is 9.87. The van der Waals surface area contributed by atoms with Crippen LogP contribution in [0, 0.1) is 11.3 Å². The number of nitrogens with zero attached hydrogens (tertiary/aromatic N) is 1. The highest BCUT2D eigenvalue weighted by molar-refractivity contribution is 4.89. The van der Waals surface area contributed by atoms with Crippen LogP contribution in [0.1, 0.15) is 65.7 Å². The minimum Gasteiger partial charge on any atom is -0.328 e. The summed E-state index contributed by atoms with van der Waals surface area (Å²) >= 11 is 0. The Hall–Kier alpha value is -0.0800. The molecule has 1 aliphatic heterocycles. The van der Waals surface area contributed by atoms with Crippen molar-refractivity contribution in [2.75, 3.05) is 13.1 Å². The van der Waals surface area contributed by atoms with Gasteiger partial charge in [0.15, 0.2) is 0 Å². The van der Waals surface area contributed by atoms with Crippen molar-refractivity contribution in [3.8, 4) is 0 Å². The summed E-state index contributed by atoms with van der Waals surface area (Å²) in [7, 11) is 0. The molecule has 2 N–H and O–H groups in total. The van der Waals surface area contributed by atoms with E-state index in [9.17, 15) is 0 Å². The van der Waals surface area contributed by atoms with E-state index in [1.54, 1.807) is 0 Å². The highest BCUT2D eigenvalue weighted by atomic mass is 15.2. The Morgan fingerprint density at radius 3 is 2.61 bits per heavy atom. The van der Waals surface area contributed by atoms with Gasteiger partial charge in [0.2, 0.25) is 0 Å². The van der Waals surface area contributed by atoms with Gasteiger partial charge in [0, 0.05) is 12.1 Å². The Labute approximate surface area is 113 Å². The van der Waals surface area contributed by atoms with E-state index < -0.39 is 0 Å². The maximum absolute atomic E-state index is 6.29. The van der Waals surface area contributed by atoms with Crippen molar-refractivity contribution in [2.24, 2.45) is 17.1 Å². The summed E-state index contributed by atoms with van der Waals surface area (Å²) in [6.45, 7) is 9.43. The van der Waals surface area contributed by atoms with E-state index in [2.05, 4.69) is 25.7 Å². The van der Waals surface area contributed by atoms with Gasteiger partial charge in [0.1, 0.15) is 0 Å². The van der Waals surface area contributed by atoms with Crippen LogP contribution in [0.3, 0.4) is 0 Å². The predicted octanol–water partition coefficient (Wildman–Crippen LogP) is 3.40. The average molecular weight is 252 g/mol.